The zero-order chi connectivity index (χ0) is 18.0. The van der Waals surface area contributed by atoms with Crippen LogP contribution in [0.15, 0.2) is 30.3 Å². The summed E-state index contributed by atoms with van der Waals surface area (Å²) >= 11 is 1.31. The Labute approximate surface area is 148 Å². The first-order valence-electron chi connectivity index (χ1n) is 7.75. The third kappa shape index (κ3) is 3.15. The number of benzene rings is 1. The molecule has 0 spiro atoms. The van der Waals surface area contributed by atoms with E-state index in [1.807, 2.05) is 6.07 Å². The number of nitrogens with one attached hydrogen (secondary N) is 1. The van der Waals surface area contributed by atoms with E-state index < -0.39 is 11.9 Å². The predicted molar refractivity (Wildman–Crippen MR) is 93.1 cm³/mol. The smallest absolute Gasteiger partial charge is 0.341 e. The lowest BCUT2D eigenvalue weighted by atomic mass is 9.99. The molecule has 130 valence electrons. The van der Waals surface area contributed by atoms with Crippen LogP contribution in [0.2, 0.25) is 0 Å². The van der Waals surface area contributed by atoms with Crippen LogP contribution in [0.3, 0.4) is 0 Å². The highest BCUT2D eigenvalue weighted by atomic mass is 32.1. The maximum Gasteiger partial charge on any atom is 0.341 e. The zero-order valence-electron chi connectivity index (χ0n) is 13.8. The van der Waals surface area contributed by atoms with E-state index >= 15 is 0 Å². The fourth-order valence-corrected chi connectivity index (χ4v) is 4.26. The number of fused-ring (bicyclic) bond motifs is 1. The average Bonchev–Trinajstić information content (AvgIpc) is 3.19. The van der Waals surface area contributed by atoms with Crippen molar-refractivity contribution in [1.29, 1.82) is 0 Å². The molecule has 1 N–H and O–H groups in total. The molecule has 7 heteroatoms. The van der Waals surface area contributed by atoms with Gasteiger partial charge in [-0.25, -0.2) is 4.79 Å². The number of ether oxygens (including phenoxy) is 2. The third-order valence-electron chi connectivity index (χ3n) is 4.17. The lowest BCUT2D eigenvalue weighted by Gasteiger charge is -2.11. The van der Waals surface area contributed by atoms with Gasteiger partial charge in [0, 0.05) is 10.4 Å². The van der Waals surface area contributed by atoms with Crippen molar-refractivity contribution in [2.45, 2.75) is 18.8 Å². The quantitative estimate of drug-likeness (QED) is 0.849. The molecule has 2 aromatic rings. The van der Waals surface area contributed by atoms with E-state index in [1.165, 1.54) is 25.6 Å². The summed E-state index contributed by atoms with van der Waals surface area (Å²) in [4.78, 5) is 37.7. The van der Waals surface area contributed by atoms with E-state index in [4.69, 9.17) is 9.47 Å². The molecule has 1 amide bonds. The molecule has 0 aliphatic heterocycles. The standard InChI is InChI=1S/C18H17NO5S/c1-23-17(21)11-8-9-12-13(11)14(18(22)24-2)16(25-12)19-15(20)10-6-4-3-5-7-10/h3-7,11H,8-9H2,1-2H3,(H,19,20)/t11-/m0/s1. The Bertz CT molecular complexity index is 827. The fourth-order valence-electron chi connectivity index (χ4n) is 3.00. The molecular weight excluding hydrogens is 342 g/mol. The summed E-state index contributed by atoms with van der Waals surface area (Å²) in [5.41, 5.74) is 1.35. The van der Waals surface area contributed by atoms with E-state index in [0.717, 1.165) is 4.88 Å². The number of hydrogen-bond acceptors (Lipinski definition) is 6. The maximum absolute atomic E-state index is 12.4. The van der Waals surface area contributed by atoms with Crippen molar-refractivity contribution in [3.05, 3.63) is 51.9 Å². The van der Waals surface area contributed by atoms with Gasteiger partial charge in [-0.05, 0) is 30.5 Å². The number of amides is 1. The molecule has 1 aromatic heterocycles. The van der Waals surface area contributed by atoms with Gasteiger partial charge in [0.25, 0.3) is 5.91 Å². The van der Waals surface area contributed by atoms with Gasteiger partial charge in [0.1, 0.15) is 5.00 Å². The fraction of sp³-hybridized carbons (Fsp3) is 0.278. The van der Waals surface area contributed by atoms with Gasteiger partial charge in [-0.1, -0.05) is 18.2 Å². The van der Waals surface area contributed by atoms with Crippen LogP contribution in [0.4, 0.5) is 5.00 Å². The lowest BCUT2D eigenvalue weighted by Crippen LogP contribution is -2.17. The highest BCUT2D eigenvalue weighted by Crippen LogP contribution is 2.45. The second kappa shape index (κ2) is 7.06. The molecular formula is C18H17NO5S. The molecule has 6 nitrogen and oxygen atoms in total. The van der Waals surface area contributed by atoms with Crippen LogP contribution in [0.25, 0.3) is 0 Å². The van der Waals surface area contributed by atoms with Crippen molar-refractivity contribution in [1.82, 2.24) is 0 Å². The van der Waals surface area contributed by atoms with Crippen LogP contribution >= 0.6 is 11.3 Å². The van der Waals surface area contributed by atoms with Crippen LogP contribution in [0, 0.1) is 0 Å². The van der Waals surface area contributed by atoms with Crippen molar-refractivity contribution in [2.75, 3.05) is 19.5 Å². The summed E-state index contributed by atoms with van der Waals surface area (Å²) in [5.74, 6) is -1.78. The van der Waals surface area contributed by atoms with E-state index in [1.54, 1.807) is 24.3 Å². The molecule has 1 aromatic carbocycles. The van der Waals surface area contributed by atoms with Crippen molar-refractivity contribution in [2.24, 2.45) is 0 Å². The van der Waals surface area contributed by atoms with E-state index in [2.05, 4.69) is 5.32 Å². The summed E-state index contributed by atoms with van der Waals surface area (Å²) in [6, 6.07) is 8.71. The number of methoxy groups -OCH3 is 2. The number of carbonyl (C=O) groups excluding carboxylic acids is 3. The van der Waals surface area contributed by atoms with Gasteiger partial charge in [0.2, 0.25) is 0 Å². The van der Waals surface area contributed by atoms with Gasteiger partial charge >= 0.3 is 11.9 Å². The van der Waals surface area contributed by atoms with Gasteiger partial charge in [0.15, 0.2) is 0 Å². The van der Waals surface area contributed by atoms with Crippen LogP contribution in [-0.4, -0.2) is 32.1 Å². The predicted octanol–water partition coefficient (Wildman–Crippen LogP) is 2.99. The summed E-state index contributed by atoms with van der Waals surface area (Å²) in [7, 11) is 2.60. The monoisotopic (exact) mass is 359 g/mol. The molecule has 0 saturated carbocycles. The van der Waals surface area contributed by atoms with E-state index in [-0.39, 0.29) is 17.4 Å². The normalized spacial score (nSPS) is 15.4. The first kappa shape index (κ1) is 17.2. The number of carbonyl (C=O) groups is 3. The molecule has 1 aliphatic carbocycles. The summed E-state index contributed by atoms with van der Waals surface area (Å²) in [6.45, 7) is 0. The second-order valence-electron chi connectivity index (χ2n) is 5.57. The molecule has 25 heavy (non-hydrogen) atoms. The lowest BCUT2D eigenvalue weighted by molar-refractivity contribution is -0.142. The minimum Gasteiger partial charge on any atom is -0.469 e. The van der Waals surface area contributed by atoms with Gasteiger partial charge in [-0.3, -0.25) is 9.59 Å². The molecule has 3 rings (SSSR count). The van der Waals surface area contributed by atoms with Crippen molar-refractivity contribution in [3.63, 3.8) is 0 Å². The zero-order valence-corrected chi connectivity index (χ0v) is 14.6. The van der Waals surface area contributed by atoms with Crippen molar-refractivity contribution >= 4 is 34.2 Å². The molecule has 1 aliphatic rings. The van der Waals surface area contributed by atoms with Gasteiger partial charge in [-0.2, -0.15) is 0 Å². The molecule has 0 fully saturated rings. The largest absolute Gasteiger partial charge is 0.469 e. The first-order chi connectivity index (χ1) is 12.1. The average molecular weight is 359 g/mol. The van der Waals surface area contributed by atoms with Crippen LogP contribution < -0.4 is 5.32 Å². The SMILES string of the molecule is COC(=O)c1c(NC(=O)c2ccccc2)sc2c1[C@@H](C(=O)OC)CC2. The van der Waals surface area contributed by atoms with Gasteiger partial charge in [0.05, 0.1) is 25.7 Å². The molecule has 1 atom stereocenters. The van der Waals surface area contributed by atoms with Crippen LogP contribution in [-0.2, 0) is 20.7 Å². The Hall–Kier alpha value is -2.67. The Balaban J connectivity index is 1.99. The number of hydrogen-bond donors (Lipinski definition) is 1. The molecule has 0 bridgehead atoms. The molecule has 0 unspecified atom stereocenters. The summed E-state index contributed by atoms with van der Waals surface area (Å²) < 4.78 is 9.72. The number of anilines is 1. The third-order valence-corrected chi connectivity index (χ3v) is 5.35. The summed E-state index contributed by atoms with van der Waals surface area (Å²) in [5, 5.41) is 3.18. The second-order valence-corrected chi connectivity index (χ2v) is 6.67. The molecule has 0 saturated heterocycles. The number of aryl methyl sites for hydroxylation is 1. The maximum atomic E-state index is 12.4. The van der Waals surface area contributed by atoms with Crippen LogP contribution in [0.1, 0.15) is 43.5 Å². The number of rotatable bonds is 4. The number of esters is 2. The number of thiophene rings is 1. The molecule has 0 radical (unpaired) electrons. The van der Waals surface area contributed by atoms with Gasteiger partial charge in [-0.15, -0.1) is 11.3 Å². The minimum absolute atomic E-state index is 0.250. The summed E-state index contributed by atoms with van der Waals surface area (Å²) in [6.07, 6.45) is 1.25. The highest BCUT2D eigenvalue weighted by molar-refractivity contribution is 7.17. The highest BCUT2D eigenvalue weighted by Gasteiger charge is 2.38. The molecule has 1 heterocycles. The van der Waals surface area contributed by atoms with Crippen molar-refractivity contribution in [3.8, 4) is 0 Å². The van der Waals surface area contributed by atoms with Gasteiger partial charge < -0.3 is 14.8 Å². The van der Waals surface area contributed by atoms with E-state index in [0.29, 0.717) is 29.0 Å². The Morgan fingerprint density at radius 1 is 1.12 bits per heavy atom. The Morgan fingerprint density at radius 3 is 2.48 bits per heavy atom. The first-order valence-corrected chi connectivity index (χ1v) is 8.56. The van der Waals surface area contributed by atoms with Crippen LogP contribution in [0.5, 0.6) is 0 Å². The topological polar surface area (TPSA) is 81.7 Å². The Morgan fingerprint density at radius 2 is 1.84 bits per heavy atom. The minimum atomic E-state index is -0.573. The van der Waals surface area contributed by atoms with Crippen molar-refractivity contribution < 1.29 is 23.9 Å². The van der Waals surface area contributed by atoms with E-state index in [9.17, 15) is 14.4 Å². The Kier molecular flexibility index (Phi) is 4.85.